The third kappa shape index (κ3) is 3.66. The number of nitrogens with zero attached hydrogens (tertiary/aromatic N) is 4. The summed E-state index contributed by atoms with van der Waals surface area (Å²) in [5, 5.41) is 11.2. The molecule has 0 aromatic carbocycles. The molecule has 1 aliphatic heterocycles. The molecule has 0 unspecified atom stereocenters. The van der Waals surface area contributed by atoms with Crippen molar-refractivity contribution in [3.8, 4) is 0 Å². The van der Waals surface area contributed by atoms with Crippen LogP contribution in [0.4, 0.5) is 6.01 Å². The second-order valence-corrected chi connectivity index (χ2v) is 5.10. The zero-order valence-electron chi connectivity index (χ0n) is 11.7. The van der Waals surface area contributed by atoms with Crippen molar-refractivity contribution < 1.29 is 9.21 Å². The SMILES string of the molecule is CC(C)NCc1nnc(N2CCCN(C)C(=O)C2)o1. The van der Waals surface area contributed by atoms with Gasteiger partial charge in [-0.3, -0.25) is 4.79 Å². The van der Waals surface area contributed by atoms with E-state index in [4.69, 9.17) is 4.42 Å². The lowest BCUT2D eigenvalue weighted by atomic mass is 10.4. The number of likely N-dealkylation sites (N-methyl/N-ethyl adjacent to an activating group) is 1. The van der Waals surface area contributed by atoms with Crippen LogP contribution in [-0.2, 0) is 11.3 Å². The smallest absolute Gasteiger partial charge is 0.318 e. The largest absolute Gasteiger partial charge is 0.407 e. The topological polar surface area (TPSA) is 74.5 Å². The molecule has 1 amide bonds. The molecular weight excluding hydrogens is 246 g/mol. The van der Waals surface area contributed by atoms with Crippen molar-refractivity contribution in [2.24, 2.45) is 0 Å². The standard InChI is InChI=1S/C12H21N5O2/c1-9(2)13-7-10-14-15-12(19-10)17-6-4-5-16(3)11(18)8-17/h9,13H,4-8H2,1-3H3. The molecule has 0 atom stereocenters. The second-order valence-electron chi connectivity index (χ2n) is 5.10. The molecule has 1 fully saturated rings. The number of anilines is 1. The predicted octanol–water partition coefficient (Wildman–Crippen LogP) is 0.236. The van der Waals surface area contributed by atoms with Crippen molar-refractivity contribution in [1.82, 2.24) is 20.4 Å². The Morgan fingerprint density at radius 1 is 1.37 bits per heavy atom. The summed E-state index contributed by atoms with van der Waals surface area (Å²) >= 11 is 0. The van der Waals surface area contributed by atoms with E-state index in [1.807, 2.05) is 11.9 Å². The van der Waals surface area contributed by atoms with E-state index in [0.717, 1.165) is 19.5 Å². The summed E-state index contributed by atoms with van der Waals surface area (Å²) in [6.07, 6.45) is 0.907. The zero-order valence-corrected chi connectivity index (χ0v) is 11.7. The Balaban J connectivity index is 1.99. The molecule has 7 nitrogen and oxygen atoms in total. The highest BCUT2D eigenvalue weighted by atomic mass is 16.4. The van der Waals surface area contributed by atoms with Crippen LogP contribution in [-0.4, -0.2) is 53.7 Å². The predicted molar refractivity (Wildman–Crippen MR) is 70.7 cm³/mol. The number of nitrogens with one attached hydrogen (secondary N) is 1. The lowest BCUT2D eigenvalue weighted by molar-refractivity contribution is -0.127. The number of hydrogen-bond donors (Lipinski definition) is 1. The number of rotatable bonds is 4. The summed E-state index contributed by atoms with van der Waals surface area (Å²) in [6.45, 7) is 6.49. The molecule has 0 saturated carbocycles. The van der Waals surface area contributed by atoms with Crippen molar-refractivity contribution in [3.05, 3.63) is 5.89 Å². The van der Waals surface area contributed by atoms with Crippen molar-refractivity contribution in [3.63, 3.8) is 0 Å². The van der Waals surface area contributed by atoms with Gasteiger partial charge in [-0.25, -0.2) is 0 Å². The van der Waals surface area contributed by atoms with Gasteiger partial charge < -0.3 is 19.5 Å². The number of carbonyl (C=O) groups excluding carboxylic acids is 1. The van der Waals surface area contributed by atoms with Gasteiger partial charge in [0.15, 0.2) is 0 Å². The van der Waals surface area contributed by atoms with Gasteiger partial charge >= 0.3 is 6.01 Å². The Morgan fingerprint density at radius 3 is 2.89 bits per heavy atom. The van der Waals surface area contributed by atoms with Crippen molar-refractivity contribution in [1.29, 1.82) is 0 Å². The van der Waals surface area contributed by atoms with E-state index in [1.165, 1.54) is 0 Å². The summed E-state index contributed by atoms with van der Waals surface area (Å²) < 4.78 is 5.58. The normalized spacial score (nSPS) is 17.2. The van der Waals surface area contributed by atoms with Gasteiger partial charge in [-0.05, 0) is 6.42 Å². The number of aromatic nitrogens is 2. The highest BCUT2D eigenvalue weighted by molar-refractivity contribution is 5.80. The molecule has 1 saturated heterocycles. The van der Waals surface area contributed by atoms with Crippen LogP contribution in [0.1, 0.15) is 26.2 Å². The summed E-state index contributed by atoms with van der Waals surface area (Å²) in [4.78, 5) is 15.4. The molecule has 1 aliphatic rings. The van der Waals surface area contributed by atoms with Crippen molar-refractivity contribution in [2.75, 3.05) is 31.6 Å². The van der Waals surface area contributed by atoms with Crippen LogP contribution in [0.3, 0.4) is 0 Å². The molecule has 106 valence electrons. The van der Waals surface area contributed by atoms with Crippen LogP contribution in [0.15, 0.2) is 4.42 Å². The van der Waals surface area contributed by atoms with Gasteiger partial charge in [0.05, 0.1) is 6.54 Å². The van der Waals surface area contributed by atoms with E-state index in [0.29, 0.717) is 31.0 Å². The molecule has 0 bridgehead atoms. The van der Waals surface area contributed by atoms with E-state index in [2.05, 4.69) is 29.4 Å². The molecule has 1 aromatic rings. The van der Waals surface area contributed by atoms with Crippen LogP contribution >= 0.6 is 0 Å². The van der Waals surface area contributed by atoms with Crippen LogP contribution in [0.5, 0.6) is 0 Å². The van der Waals surface area contributed by atoms with E-state index in [1.54, 1.807) is 4.90 Å². The minimum atomic E-state index is 0.0811. The Hall–Kier alpha value is -1.63. The second kappa shape index (κ2) is 6.01. The molecule has 7 heteroatoms. The van der Waals surface area contributed by atoms with Gasteiger partial charge in [0, 0.05) is 26.2 Å². The minimum Gasteiger partial charge on any atom is -0.407 e. The van der Waals surface area contributed by atoms with Crippen LogP contribution in [0.2, 0.25) is 0 Å². The average Bonchev–Trinajstić information content (AvgIpc) is 2.76. The van der Waals surface area contributed by atoms with Crippen molar-refractivity contribution >= 4 is 11.9 Å². The number of hydrogen-bond acceptors (Lipinski definition) is 6. The van der Waals surface area contributed by atoms with E-state index < -0.39 is 0 Å². The average molecular weight is 267 g/mol. The fourth-order valence-electron chi connectivity index (χ4n) is 1.89. The van der Waals surface area contributed by atoms with Gasteiger partial charge in [0.1, 0.15) is 6.54 Å². The molecule has 2 heterocycles. The van der Waals surface area contributed by atoms with Crippen LogP contribution < -0.4 is 10.2 Å². The first-order valence-corrected chi connectivity index (χ1v) is 6.61. The maximum Gasteiger partial charge on any atom is 0.318 e. The zero-order chi connectivity index (χ0) is 13.8. The Morgan fingerprint density at radius 2 is 2.16 bits per heavy atom. The summed E-state index contributed by atoms with van der Waals surface area (Å²) in [5.41, 5.74) is 0. The molecule has 0 aliphatic carbocycles. The summed E-state index contributed by atoms with van der Waals surface area (Å²) in [6, 6.07) is 0.799. The Bertz CT molecular complexity index is 432. The maximum absolute atomic E-state index is 11.8. The molecule has 2 rings (SSSR count). The third-order valence-electron chi connectivity index (χ3n) is 3.06. The quantitative estimate of drug-likeness (QED) is 0.842. The van der Waals surface area contributed by atoms with Gasteiger partial charge in [-0.2, -0.15) is 0 Å². The molecule has 1 N–H and O–H groups in total. The fraction of sp³-hybridized carbons (Fsp3) is 0.750. The molecule has 0 radical (unpaired) electrons. The highest BCUT2D eigenvalue weighted by Crippen LogP contribution is 2.15. The molecule has 1 aromatic heterocycles. The third-order valence-corrected chi connectivity index (χ3v) is 3.06. The number of amides is 1. The Labute approximate surface area is 113 Å². The van der Waals surface area contributed by atoms with Crippen LogP contribution in [0, 0.1) is 0 Å². The first-order chi connectivity index (χ1) is 9.06. The van der Waals surface area contributed by atoms with Crippen molar-refractivity contribution in [2.45, 2.75) is 32.9 Å². The summed E-state index contributed by atoms with van der Waals surface area (Å²) in [5.74, 6) is 0.631. The molecular formula is C12H21N5O2. The molecule has 19 heavy (non-hydrogen) atoms. The van der Waals surface area contributed by atoms with E-state index in [-0.39, 0.29) is 5.91 Å². The van der Waals surface area contributed by atoms with E-state index >= 15 is 0 Å². The van der Waals surface area contributed by atoms with Gasteiger partial charge in [0.2, 0.25) is 11.8 Å². The van der Waals surface area contributed by atoms with Gasteiger partial charge in [-0.1, -0.05) is 18.9 Å². The maximum atomic E-state index is 11.8. The molecule has 0 spiro atoms. The summed E-state index contributed by atoms with van der Waals surface area (Å²) in [7, 11) is 1.82. The van der Waals surface area contributed by atoms with Gasteiger partial charge in [-0.15, -0.1) is 5.10 Å². The monoisotopic (exact) mass is 267 g/mol. The fourth-order valence-corrected chi connectivity index (χ4v) is 1.89. The van der Waals surface area contributed by atoms with Gasteiger partial charge in [0.25, 0.3) is 0 Å². The lowest BCUT2D eigenvalue weighted by Gasteiger charge is -2.16. The Kier molecular flexibility index (Phi) is 4.36. The lowest BCUT2D eigenvalue weighted by Crippen LogP contribution is -2.34. The minimum absolute atomic E-state index is 0.0811. The highest BCUT2D eigenvalue weighted by Gasteiger charge is 2.22. The number of carbonyl (C=O) groups is 1. The first-order valence-electron chi connectivity index (χ1n) is 6.61. The first kappa shape index (κ1) is 13.8. The van der Waals surface area contributed by atoms with Crippen LogP contribution in [0.25, 0.3) is 0 Å². The van der Waals surface area contributed by atoms with E-state index in [9.17, 15) is 4.79 Å².